The molecule has 0 saturated carbocycles. The molecule has 1 aromatic carbocycles. The molecule has 0 radical (unpaired) electrons. The highest BCUT2D eigenvalue weighted by Gasteiger charge is 2.13. The lowest BCUT2D eigenvalue weighted by Crippen LogP contribution is -2.37. The van der Waals surface area contributed by atoms with Crippen molar-refractivity contribution in [3.8, 4) is 0 Å². The number of rotatable bonds is 5. The van der Waals surface area contributed by atoms with Crippen molar-refractivity contribution in [2.75, 3.05) is 18.5 Å². The Labute approximate surface area is 128 Å². The lowest BCUT2D eigenvalue weighted by atomic mass is 10.1. The van der Waals surface area contributed by atoms with Crippen LogP contribution in [0.3, 0.4) is 0 Å². The van der Waals surface area contributed by atoms with Crippen molar-refractivity contribution in [3.63, 3.8) is 0 Å². The molecule has 0 unspecified atom stereocenters. The fourth-order valence-electron chi connectivity index (χ4n) is 1.46. The molecule has 0 fully saturated rings. The number of amides is 2. The third-order valence-electron chi connectivity index (χ3n) is 2.58. The van der Waals surface area contributed by atoms with Crippen molar-refractivity contribution < 1.29 is 14.7 Å². The molecule has 0 atom stereocenters. The molecule has 0 spiro atoms. The van der Waals surface area contributed by atoms with Crippen molar-refractivity contribution in [2.45, 2.75) is 13.8 Å². The molecule has 0 aromatic heterocycles. The highest BCUT2D eigenvalue weighted by Crippen LogP contribution is 2.14. The van der Waals surface area contributed by atoms with Crippen LogP contribution in [0.5, 0.6) is 0 Å². The van der Waals surface area contributed by atoms with Crippen LogP contribution in [0.2, 0.25) is 0 Å². The van der Waals surface area contributed by atoms with E-state index in [0.29, 0.717) is 11.3 Å². The van der Waals surface area contributed by atoms with E-state index < -0.39 is 0 Å². The summed E-state index contributed by atoms with van der Waals surface area (Å²) in [5, 5.41) is 16.8. The SMILES string of the molecule is CC(C)C(=O)NC(=S)Nc1ccccc1C(=O)NCCO. The molecule has 114 valence electrons. The Morgan fingerprint density at radius 2 is 1.95 bits per heavy atom. The van der Waals surface area contributed by atoms with Crippen molar-refractivity contribution in [3.05, 3.63) is 29.8 Å². The number of aliphatic hydroxyl groups excluding tert-OH is 1. The zero-order chi connectivity index (χ0) is 15.8. The Hall–Kier alpha value is -1.99. The van der Waals surface area contributed by atoms with Gasteiger partial charge in [0.2, 0.25) is 5.91 Å². The number of hydrogen-bond acceptors (Lipinski definition) is 4. The first-order chi connectivity index (χ1) is 9.95. The second-order valence-electron chi connectivity index (χ2n) is 4.62. The maximum Gasteiger partial charge on any atom is 0.253 e. The second kappa shape index (κ2) is 8.33. The summed E-state index contributed by atoms with van der Waals surface area (Å²) < 4.78 is 0. The molecule has 4 N–H and O–H groups in total. The molecule has 0 aliphatic rings. The van der Waals surface area contributed by atoms with Gasteiger partial charge in [-0.2, -0.15) is 0 Å². The third kappa shape index (κ3) is 5.49. The van der Waals surface area contributed by atoms with E-state index in [2.05, 4.69) is 16.0 Å². The van der Waals surface area contributed by atoms with Crippen LogP contribution in [0.4, 0.5) is 5.69 Å². The number of para-hydroxylation sites is 1. The van der Waals surface area contributed by atoms with Crippen LogP contribution >= 0.6 is 12.2 Å². The van der Waals surface area contributed by atoms with Gasteiger partial charge in [0, 0.05) is 12.5 Å². The predicted molar refractivity (Wildman–Crippen MR) is 85.1 cm³/mol. The molecular formula is C14H19N3O3S. The Morgan fingerprint density at radius 3 is 2.57 bits per heavy atom. The molecule has 21 heavy (non-hydrogen) atoms. The Kier molecular flexibility index (Phi) is 6.77. The standard InChI is InChI=1S/C14H19N3O3S/c1-9(2)12(19)17-14(21)16-11-6-4-3-5-10(11)13(20)15-7-8-18/h3-6,9,18H,7-8H2,1-2H3,(H,15,20)(H2,16,17,19,21). The quantitative estimate of drug-likeness (QED) is 0.606. The maximum absolute atomic E-state index is 11.9. The van der Waals surface area contributed by atoms with E-state index in [0.717, 1.165) is 0 Å². The Balaban J connectivity index is 2.77. The van der Waals surface area contributed by atoms with Gasteiger partial charge < -0.3 is 21.1 Å². The lowest BCUT2D eigenvalue weighted by Gasteiger charge is -2.14. The molecule has 0 heterocycles. The van der Waals surface area contributed by atoms with Crippen LogP contribution in [0, 0.1) is 5.92 Å². The first kappa shape index (κ1) is 17.1. The molecule has 2 amide bonds. The Bertz CT molecular complexity index is 532. The monoisotopic (exact) mass is 309 g/mol. The van der Waals surface area contributed by atoms with Crippen LogP contribution in [0.1, 0.15) is 24.2 Å². The van der Waals surface area contributed by atoms with Gasteiger partial charge in [-0.05, 0) is 24.4 Å². The minimum absolute atomic E-state index is 0.135. The highest BCUT2D eigenvalue weighted by atomic mass is 32.1. The molecule has 6 nitrogen and oxygen atoms in total. The summed E-state index contributed by atoms with van der Waals surface area (Å²) in [6.07, 6.45) is 0. The summed E-state index contributed by atoms with van der Waals surface area (Å²) in [4.78, 5) is 23.5. The first-order valence-corrected chi connectivity index (χ1v) is 6.96. The highest BCUT2D eigenvalue weighted by molar-refractivity contribution is 7.80. The average molecular weight is 309 g/mol. The van der Waals surface area contributed by atoms with Gasteiger partial charge in [0.15, 0.2) is 5.11 Å². The zero-order valence-electron chi connectivity index (χ0n) is 12.0. The van der Waals surface area contributed by atoms with E-state index in [1.165, 1.54) is 0 Å². The number of carbonyl (C=O) groups excluding carboxylic acids is 2. The van der Waals surface area contributed by atoms with E-state index in [9.17, 15) is 9.59 Å². The Morgan fingerprint density at radius 1 is 1.29 bits per heavy atom. The molecule has 1 aromatic rings. The number of carbonyl (C=O) groups is 2. The largest absolute Gasteiger partial charge is 0.395 e. The molecule has 7 heteroatoms. The van der Waals surface area contributed by atoms with Crippen LogP contribution in [0.15, 0.2) is 24.3 Å². The predicted octanol–water partition coefficient (Wildman–Crippen LogP) is 0.878. The zero-order valence-corrected chi connectivity index (χ0v) is 12.8. The van der Waals surface area contributed by atoms with Crippen LogP contribution < -0.4 is 16.0 Å². The van der Waals surface area contributed by atoms with Gasteiger partial charge in [-0.3, -0.25) is 9.59 Å². The summed E-state index contributed by atoms with van der Waals surface area (Å²) >= 11 is 5.05. The summed E-state index contributed by atoms with van der Waals surface area (Å²) in [7, 11) is 0. The van der Waals surface area contributed by atoms with E-state index in [-0.39, 0.29) is 36.0 Å². The van der Waals surface area contributed by atoms with E-state index in [4.69, 9.17) is 17.3 Å². The van der Waals surface area contributed by atoms with Crippen molar-refractivity contribution >= 4 is 34.8 Å². The maximum atomic E-state index is 11.9. The number of benzene rings is 1. The third-order valence-corrected chi connectivity index (χ3v) is 2.78. The van der Waals surface area contributed by atoms with Crippen LogP contribution in [-0.4, -0.2) is 35.2 Å². The van der Waals surface area contributed by atoms with Gasteiger partial charge in [0.1, 0.15) is 0 Å². The van der Waals surface area contributed by atoms with Crippen LogP contribution in [0.25, 0.3) is 0 Å². The number of nitrogens with one attached hydrogen (secondary N) is 3. The molecule has 0 aliphatic heterocycles. The summed E-state index contributed by atoms with van der Waals surface area (Å²) in [5.74, 6) is -0.715. The molecule has 0 bridgehead atoms. The number of hydrogen-bond donors (Lipinski definition) is 4. The van der Waals surface area contributed by atoms with Gasteiger partial charge >= 0.3 is 0 Å². The van der Waals surface area contributed by atoms with Crippen LogP contribution in [-0.2, 0) is 4.79 Å². The number of thiocarbonyl (C=S) groups is 1. The normalized spacial score (nSPS) is 10.1. The van der Waals surface area contributed by atoms with Gasteiger partial charge in [0.05, 0.1) is 17.9 Å². The van der Waals surface area contributed by atoms with Gasteiger partial charge in [-0.1, -0.05) is 26.0 Å². The van der Waals surface area contributed by atoms with E-state index in [1.807, 2.05) is 0 Å². The molecule has 0 saturated heterocycles. The van der Waals surface area contributed by atoms with Crippen molar-refractivity contribution in [1.82, 2.24) is 10.6 Å². The second-order valence-corrected chi connectivity index (χ2v) is 5.03. The average Bonchev–Trinajstić information content (AvgIpc) is 2.45. The van der Waals surface area contributed by atoms with Gasteiger partial charge in [-0.15, -0.1) is 0 Å². The van der Waals surface area contributed by atoms with E-state index in [1.54, 1.807) is 38.1 Å². The smallest absolute Gasteiger partial charge is 0.253 e. The molecule has 1 rings (SSSR count). The number of anilines is 1. The minimum atomic E-state index is -0.329. The fourth-order valence-corrected chi connectivity index (χ4v) is 1.68. The first-order valence-electron chi connectivity index (χ1n) is 6.55. The summed E-state index contributed by atoms with van der Waals surface area (Å²) in [5.41, 5.74) is 0.870. The van der Waals surface area contributed by atoms with E-state index >= 15 is 0 Å². The summed E-state index contributed by atoms with van der Waals surface area (Å²) in [6.45, 7) is 3.55. The fraction of sp³-hybridized carbons (Fsp3) is 0.357. The molecular weight excluding hydrogens is 290 g/mol. The topological polar surface area (TPSA) is 90.5 Å². The lowest BCUT2D eigenvalue weighted by molar-refractivity contribution is -0.122. The van der Waals surface area contributed by atoms with Gasteiger partial charge in [0.25, 0.3) is 5.91 Å². The molecule has 0 aliphatic carbocycles. The van der Waals surface area contributed by atoms with Crippen molar-refractivity contribution in [2.24, 2.45) is 5.92 Å². The summed E-state index contributed by atoms with van der Waals surface area (Å²) in [6, 6.07) is 6.77. The number of aliphatic hydroxyl groups is 1. The van der Waals surface area contributed by atoms with Crippen molar-refractivity contribution in [1.29, 1.82) is 0 Å². The minimum Gasteiger partial charge on any atom is -0.395 e. The van der Waals surface area contributed by atoms with Gasteiger partial charge in [-0.25, -0.2) is 0 Å².